The van der Waals surface area contributed by atoms with Crippen LogP contribution in [0.15, 0.2) is 57.7 Å². The Bertz CT molecular complexity index is 909. The molecule has 4 nitrogen and oxygen atoms in total. The first kappa shape index (κ1) is 13.1. The van der Waals surface area contributed by atoms with E-state index in [9.17, 15) is 9.59 Å². The number of carbonyl (C=O) groups excluding carboxylic acids is 1. The van der Waals surface area contributed by atoms with E-state index in [0.717, 1.165) is 16.5 Å². The first-order valence-electron chi connectivity index (χ1n) is 6.50. The number of amides is 1. The summed E-state index contributed by atoms with van der Waals surface area (Å²) in [5.74, 6) is -0.491. The number of para-hydroxylation sites is 1. The maximum atomic E-state index is 12.1. The Labute approximate surface area is 120 Å². The number of benzene rings is 2. The Morgan fingerprint density at radius 3 is 2.52 bits per heavy atom. The topological polar surface area (TPSA) is 73.3 Å². The van der Waals surface area contributed by atoms with Crippen LogP contribution < -0.4 is 11.4 Å². The van der Waals surface area contributed by atoms with E-state index in [1.54, 1.807) is 30.3 Å². The smallest absolute Gasteiger partial charge is 0.344 e. The summed E-state index contributed by atoms with van der Waals surface area (Å²) >= 11 is 0. The van der Waals surface area contributed by atoms with Crippen molar-refractivity contribution < 1.29 is 9.21 Å². The fourth-order valence-electron chi connectivity index (χ4n) is 2.37. The van der Waals surface area contributed by atoms with E-state index < -0.39 is 11.5 Å². The second-order valence-electron chi connectivity index (χ2n) is 4.88. The van der Waals surface area contributed by atoms with Crippen LogP contribution >= 0.6 is 0 Å². The van der Waals surface area contributed by atoms with Crippen molar-refractivity contribution in [1.82, 2.24) is 0 Å². The molecule has 0 spiro atoms. The lowest BCUT2D eigenvalue weighted by Crippen LogP contribution is -2.11. The molecule has 104 valence electrons. The minimum atomic E-state index is -0.491. The molecule has 1 heterocycles. The Hall–Kier alpha value is -2.88. The predicted molar refractivity (Wildman–Crippen MR) is 81.2 cm³/mol. The van der Waals surface area contributed by atoms with Gasteiger partial charge in [-0.1, -0.05) is 24.3 Å². The van der Waals surface area contributed by atoms with Gasteiger partial charge >= 0.3 is 5.63 Å². The molecule has 2 N–H and O–H groups in total. The third-order valence-corrected chi connectivity index (χ3v) is 3.44. The highest BCUT2D eigenvalue weighted by atomic mass is 16.4. The molecule has 2 aromatic carbocycles. The Morgan fingerprint density at radius 1 is 1.05 bits per heavy atom. The van der Waals surface area contributed by atoms with Crippen LogP contribution in [0, 0.1) is 6.92 Å². The first-order chi connectivity index (χ1) is 10.1. The zero-order valence-corrected chi connectivity index (χ0v) is 11.4. The number of hydrogen-bond donors (Lipinski definition) is 1. The summed E-state index contributed by atoms with van der Waals surface area (Å²) in [4.78, 5) is 23.3. The predicted octanol–water partition coefficient (Wildman–Crippen LogP) is 2.87. The second-order valence-corrected chi connectivity index (χ2v) is 4.88. The molecule has 0 saturated heterocycles. The van der Waals surface area contributed by atoms with Crippen molar-refractivity contribution in [3.63, 3.8) is 0 Å². The van der Waals surface area contributed by atoms with Gasteiger partial charge < -0.3 is 10.2 Å². The monoisotopic (exact) mass is 279 g/mol. The van der Waals surface area contributed by atoms with Crippen molar-refractivity contribution >= 4 is 16.9 Å². The average molecular weight is 279 g/mol. The highest BCUT2D eigenvalue weighted by Gasteiger charge is 2.11. The molecule has 3 rings (SSSR count). The molecule has 1 amide bonds. The maximum absolute atomic E-state index is 12.1. The van der Waals surface area contributed by atoms with Gasteiger partial charge in [-0.3, -0.25) is 4.79 Å². The number of nitrogens with two attached hydrogens (primary N) is 1. The van der Waals surface area contributed by atoms with Crippen molar-refractivity contribution in [3.05, 3.63) is 70.1 Å². The van der Waals surface area contributed by atoms with Gasteiger partial charge in [0.05, 0.1) is 5.56 Å². The van der Waals surface area contributed by atoms with E-state index in [2.05, 4.69) is 0 Å². The summed E-state index contributed by atoms with van der Waals surface area (Å²) in [5.41, 5.74) is 7.84. The molecule has 1 aromatic heterocycles. The van der Waals surface area contributed by atoms with E-state index in [0.29, 0.717) is 16.7 Å². The van der Waals surface area contributed by atoms with Crippen LogP contribution in [0.25, 0.3) is 22.1 Å². The number of rotatable bonds is 2. The first-order valence-corrected chi connectivity index (χ1v) is 6.50. The van der Waals surface area contributed by atoms with E-state index in [4.69, 9.17) is 10.2 Å². The lowest BCUT2D eigenvalue weighted by molar-refractivity contribution is 0.1000. The van der Waals surface area contributed by atoms with Gasteiger partial charge in [0.15, 0.2) is 0 Å². The molecule has 0 radical (unpaired) electrons. The van der Waals surface area contributed by atoms with Crippen LogP contribution in [-0.2, 0) is 0 Å². The molecule has 0 aliphatic rings. The molecule has 21 heavy (non-hydrogen) atoms. The van der Waals surface area contributed by atoms with Crippen molar-refractivity contribution in [2.75, 3.05) is 0 Å². The lowest BCUT2D eigenvalue weighted by atomic mass is 9.98. The molecule has 0 fully saturated rings. The molecule has 0 aliphatic carbocycles. The second kappa shape index (κ2) is 4.90. The fraction of sp³-hybridized carbons (Fsp3) is 0.0588. The van der Waals surface area contributed by atoms with E-state index in [1.807, 2.05) is 25.1 Å². The normalized spacial score (nSPS) is 10.7. The van der Waals surface area contributed by atoms with Crippen LogP contribution in [-0.4, -0.2) is 5.91 Å². The van der Waals surface area contributed by atoms with Crippen molar-refractivity contribution in [2.45, 2.75) is 6.92 Å². The minimum absolute atomic E-state index is 0.399. The van der Waals surface area contributed by atoms with Gasteiger partial charge in [-0.2, -0.15) is 0 Å². The molecule has 4 heteroatoms. The standard InChI is InChI=1S/C17H13NO3/c1-10-8-12(16(18)19)6-7-13(10)14-9-11-4-2-3-5-15(11)21-17(14)20/h2-9H,1H3,(H2,18,19). The number of carbonyl (C=O) groups is 1. The summed E-state index contributed by atoms with van der Waals surface area (Å²) < 4.78 is 5.33. The third-order valence-electron chi connectivity index (χ3n) is 3.44. The van der Waals surface area contributed by atoms with E-state index >= 15 is 0 Å². The Morgan fingerprint density at radius 2 is 1.81 bits per heavy atom. The summed E-state index contributed by atoms with van der Waals surface area (Å²) in [6.45, 7) is 1.83. The molecule has 0 bridgehead atoms. The molecule has 0 atom stereocenters. The summed E-state index contributed by atoms with van der Waals surface area (Å²) in [6.07, 6.45) is 0. The largest absolute Gasteiger partial charge is 0.422 e. The van der Waals surface area contributed by atoms with Gasteiger partial charge in [0, 0.05) is 10.9 Å². The van der Waals surface area contributed by atoms with Crippen molar-refractivity contribution in [3.8, 4) is 11.1 Å². The van der Waals surface area contributed by atoms with Gasteiger partial charge in [0.25, 0.3) is 0 Å². The van der Waals surface area contributed by atoms with E-state index in [-0.39, 0.29) is 0 Å². The Balaban J connectivity index is 2.23. The molecule has 0 aliphatic heterocycles. The van der Waals surface area contributed by atoms with Gasteiger partial charge in [-0.05, 0) is 42.3 Å². The highest BCUT2D eigenvalue weighted by Crippen LogP contribution is 2.24. The summed E-state index contributed by atoms with van der Waals surface area (Å²) in [5, 5.41) is 0.852. The minimum Gasteiger partial charge on any atom is -0.422 e. The van der Waals surface area contributed by atoms with Gasteiger partial charge in [-0.25, -0.2) is 4.79 Å². The van der Waals surface area contributed by atoms with Crippen LogP contribution in [0.2, 0.25) is 0 Å². The van der Waals surface area contributed by atoms with E-state index in [1.165, 1.54) is 0 Å². The molecule has 0 unspecified atom stereocenters. The molecule has 3 aromatic rings. The highest BCUT2D eigenvalue weighted by molar-refractivity contribution is 5.94. The van der Waals surface area contributed by atoms with Crippen LogP contribution in [0.1, 0.15) is 15.9 Å². The quantitative estimate of drug-likeness (QED) is 0.733. The molecular weight excluding hydrogens is 266 g/mol. The van der Waals surface area contributed by atoms with Crippen LogP contribution in [0.3, 0.4) is 0 Å². The Kier molecular flexibility index (Phi) is 3.06. The van der Waals surface area contributed by atoms with Gasteiger partial charge in [-0.15, -0.1) is 0 Å². The molecular formula is C17H13NO3. The van der Waals surface area contributed by atoms with Crippen molar-refractivity contribution in [1.29, 1.82) is 0 Å². The third kappa shape index (κ3) is 2.31. The molecule has 0 saturated carbocycles. The van der Waals surface area contributed by atoms with Crippen LogP contribution in [0.5, 0.6) is 0 Å². The fourth-order valence-corrected chi connectivity index (χ4v) is 2.37. The average Bonchev–Trinajstić information content (AvgIpc) is 2.46. The number of aryl methyl sites for hydroxylation is 1. The maximum Gasteiger partial charge on any atom is 0.344 e. The van der Waals surface area contributed by atoms with Gasteiger partial charge in [0.2, 0.25) is 5.91 Å². The van der Waals surface area contributed by atoms with Gasteiger partial charge in [0.1, 0.15) is 5.58 Å². The summed E-state index contributed by atoms with van der Waals surface area (Å²) in [6, 6.07) is 14.1. The lowest BCUT2D eigenvalue weighted by Gasteiger charge is -2.07. The number of primary amides is 1. The summed E-state index contributed by atoms with van der Waals surface area (Å²) in [7, 11) is 0. The van der Waals surface area contributed by atoms with Crippen molar-refractivity contribution in [2.24, 2.45) is 5.73 Å². The zero-order chi connectivity index (χ0) is 15.0. The zero-order valence-electron chi connectivity index (χ0n) is 11.4. The van der Waals surface area contributed by atoms with Crippen LogP contribution in [0.4, 0.5) is 0 Å². The SMILES string of the molecule is Cc1cc(C(N)=O)ccc1-c1cc2ccccc2oc1=O. The number of fused-ring (bicyclic) bond motifs is 1. The number of hydrogen-bond acceptors (Lipinski definition) is 3.